The second-order valence-corrected chi connectivity index (χ2v) is 5.93. The van der Waals surface area contributed by atoms with Gasteiger partial charge in [-0.05, 0) is 24.1 Å². The van der Waals surface area contributed by atoms with Crippen molar-refractivity contribution in [1.82, 2.24) is 9.88 Å². The fourth-order valence-corrected chi connectivity index (χ4v) is 3.82. The molecule has 2 amide bonds. The number of carbonyl (C=O) groups is 1. The van der Waals surface area contributed by atoms with Gasteiger partial charge in [-0.25, -0.2) is 4.79 Å². The first kappa shape index (κ1) is 11.9. The number of anilines is 1. The van der Waals surface area contributed by atoms with Crippen LogP contribution in [0.4, 0.5) is 10.5 Å². The second-order valence-electron chi connectivity index (χ2n) is 5.93. The third-order valence-electron chi connectivity index (χ3n) is 4.79. The van der Waals surface area contributed by atoms with Gasteiger partial charge in [0.25, 0.3) is 0 Å². The van der Waals surface area contributed by atoms with Crippen LogP contribution >= 0.6 is 0 Å². The Bertz CT molecular complexity index is 912. The lowest BCUT2D eigenvalue weighted by molar-refractivity contribution is 0.190. The van der Waals surface area contributed by atoms with Crippen molar-refractivity contribution in [3.05, 3.63) is 65.4 Å². The number of aromatic nitrogens is 1. The molecule has 0 saturated heterocycles. The molecule has 2 aliphatic heterocycles. The van der Waals surface area contributed by atoms with Crippen molar-refractivity contribution >= 4 is 22.6 Å². The third-order valence-corrected chi connectivity index (χ3v) is 4.79. The summed E-state index contributed by atoms with van der Waals surface area (Å²) in [7, 11) is 0. The van der Waals surface area contributed by atoms with Crippen molar-refractivity contribution in [2.45, 2.75) is 12.5 Å². The van der Waals surface area contributed by atoms with Crippen LogP contribution in [0.25, 0.3) is 10.9 Å². The van der Waals surface area contributed by atoms with Crippen molar-refractivity contribution in [2.75, 3.05) is 11.9 Å². The Labute approximate surface area is 127 Å². The lowest BCUT2D eigenvalue weighted by Crippen LogP contribution is -2.46. The third kappa shape index (κ3) is 1.44. The zero-order chi connectivity index (χ0) is 14.7. The summed E-state index contributed by atoms with van der Waals surface area (Å²) in [5.41, 5.74) is 5.74. The van der Waals surface area contributed by atoms with Crippen LogP contribution in [0.15, 0.2) is 48.5 Å². The quantitative estimate of drug-likeness (QED) is 0.652. The molecule has 2 aromatic carbocycles. The van der Waals surface area contributed by atoms with Gasteiger partial charge in [0.15, 0.2) is 0 Å². The Kier molecular flexibility index (Phi) is 2.23. The Morgan fingerprint density at radius 1 is 1.05 bits per heavy atom. The number of amides is 2. The Hall–Kier alpha value is -2.75. The molecule has 5 rings (SSSR count). The van der Waals surface area contributed by atoms with E-state index >= 15 is 0 Å². The lowest BCUT2D eigenvalue weighted by Gasteiger charge is -2.40. The van der Waals surface area contributed by atoms with Gasteiger partial charge in [-0.1, -0.05) is 36.4 Å². The number of urea groups is 1. The van der Waals surface area contributed by atoms with Gasteiger partial charge in [-0.2, -0.15) is 0 Å². The number of fused-ring (bicyclic) bond motifs is 7. The number of nitrogens with zero attached hydrogens (tertiary/aromatic N) is 1. The van der Waals surface area contributed by atoms with Gasteiger partial charge in [0.2, 0.25) is 0 Å². The van der Waals surface area contributed by atoms with Gasteiger partial charge in [-0.15, -0.1) is 0 Å². The van der Waals surface area contributed by atoms with Crippen LogP contribution in [0, 0.1) is 0 Å². The van der Waals surface area contributed by atoms with E-state index in [0.29, 0.717) is 0 Å². The zero-order valence-corrected chi connectivity index (χ0v) is 12.0. The monoisotopic (exact) mass is 289 g/mol. The minimum absolute atomic E-state index is 0.00648. The Balaban J connectivity index is 1.80. The maximum absolute atomic E-state index is 12.4. The Morgan fingerprint density at radius 2 is 1.86 bits per heavy atom. The van der Waals surface area contributed by atoms with Gasteiger partial charge in [0, 0.05) is 34.4 Å². The second kappa shape index (κ2) is 4.13. The first-order valence-electron chi connectivity index (χ1n) is 7.59. The first-order valence-corrected chi connectivity index (χ1v) is 7.59. The molecule has 1 atom stereocenters. The summed E-state index contributed by atoms with van der Waals surface area (Å²) in [6.45, 7) is 0.750. The molecule has 0 saturated carbocycles. The van der Waals surface area contributed by atoms with Gasteiger partial charge in [0.1, 0.15) is 6.04 Å². The number of H-pyrrole nitrogens is 1. The maximum atomic E-state index is 12.4. The topological polar surface area (TPSA) is 48.1 Å². The van der Waals surface area contributed by atoms with Crippen LogP contribution in [0.5, 0.6) is 0 Å². The highest BCUT2D eigenvalue weighted by molar-refractivity contribution is 5.95. The minimum atomic E-state index is -0.0129. The number of benzene rings is 2. The predicted octanol–water partition coefficient (Wildman–Crippen LogP) is 3.66. The van der Waals surface area contributed by atoms with Crippen LogP contribution < -0.4 is 5.32 Å². The molecule has 2 aliphatic rings. The summed E-state index contributed by atoms with van der Waals surface area (Å²) < 4.78 is 0. The molecule has 22 heavy (non-hydrogen) atoms. The van der Waals surface area contributed by atoms with Crippen LogP contribution in [0.2, 0.25) is 0 Å². The molecule has 1 unspecified atom stereocenters. The van der Waals surface area contributed by atoms with Crippen LogP contribution in [-0.2, 0) is 6.42 Å². The standard InChI is InChI=1S/C18H15N3O/c22-18-20-15-8-4-2-6-13(15)17-16-12(9-10-21(17)18)11-5-1-3-7-14(11)19-16/h1-8,17,19H,9-10H2,(H,20,22). The highest BCUT2D eigenvalue weighted by Crippen LogP contribution is 2.43. The largest absolute Gasteiger partial charge is 0.356 e. The van der Waals surface area contributed by atoms with Crippen LogP contribution in [-0.4, -0.2) is 22.5 Å². The van der Waals surface area contributed by atoms with E-state index in [1.165, 1.54) is 10.9 Å². The fraction of sp³-hybridized carbons (Fsp3) is 0.167. The van der Waals surface area contributed by atoms with Crippen molar-refractivity contribution in [1.29, 1.82) is 0 Å². The fourth-order valence-electron chi connectivity index (χ4n) is 3.82. The number of carbonyl (C=O) groups excluding carboxylic acids is 1. The summed E-state index contributed by atoms with van der Waals surface area (Å²) in [5.74, 6) is 0. The summed E-state index contributed by atoms with van der Waals surface area (Å²) >= 11 is 0. The number of hydrogen-bond donors (Lipinski definition) is 2. The first-order chi connectivity index (χ1) is 10.8. The number of para-hydroxylation sites is 2. The van der Waals surface area contributed by atoms with E-state index in [0.717, 1.165) is 35.4 Å². The summed E-state index contributed by atoms with van der Waals surface area (Å²) in [5, 5.41) is 4.28. The molecule has 3 aromatic rings. The molecule has 0 radical (unpaired) electrons. The number of aromatic amines is 1. The molecule has 1 aromatic heterocycles. The van der Waals surface area contributed by atoms with Crippen molar-refractivity contribution in [3.8, 4) is 0 Å². The van der Waals surface area contributed by atoms with Gasteiger partial charge >= 0.3 is 6.03 Å². The molecule has 0 fully saturated rings. The normalized spacial score (nSPS) is 19.4. The zero-order valence-electron chi connectivity index (χ0n) is 12.0. The number of hydrogen-bond acceptors (Lipinski definition) is 1. The van der Waals surface area contributed by atoms with Crippen molar-refractivity contribution < 1.29 is 4.79 Å². The van der Waals surface area contributed by atoms with Crippen molar-refractivity contribution in [2.24, 2.45) is 0 Å². The molecule has 0 aliphatic carbocycles. The number of nitrogens with one attached hydrogen (secondary N) is 2. The number of rotatable bonds is 0. The molecule has 2 N–H and O–H groups in total. The minimum Gasteiger partial charge on any atom is -0.356 e. The van der Waals surface area contributed by atoms with Crippen LogP contribution in [0.3, 0.4) is 0 Å². The molecular formula is C18H15N3O. The van der Waals surface area contributed by atoms with E-state index in [1.807, 2.05) is 29.2 Å². The van der Waals surface area contributed by atoms with E-state index < -0.39 is 0 Å². The molecule has 0 spiro atoms. The highest BCUT2D eigenvalue weighted by Gasteiger charge is 2.38. The van der Waals surface area contributed by atoms with E-state index in [2.05, 4.69) is 34.6 Å². The highest BCUT2D eigenvalue weighted by atomic mass is 16.2. The molecule has 3 heterocycles. The van der Waals surface area contributed by atoms with Gasteiger partial charge in [0.05, 0.1) is 0 Å². The molecule has 0 bridgehead atoms. The predicted molar refractivity (Wildman–Crippen MR) is 86.0 cm³/mol. The smallest absolute Gasteiger partial charge is 0.322 e. The van der Waals surface area contributed by atoms with E-state index in [1.54, 1.807) is 0 Å². The lowest BCUT2D eigenvalue weighted by atomic mass is 9.90. The molecule has 4 nitrogen and oxygen atoms in total. The summed E-state index contributed by atoms with van der Waals surface area (Å²) in [6, 6.07) is 16.4. The maximum Gasteiger partial charge on any atom is 0.322 e. The van der Waals surface area contributed by atoms with Crippen molar-refractivity contribution in [3.63, 3.8) is 0 Å². The summed E-state index contributed by atoms with van der Waals surface area (Å²) in [6.07, 6.45) is 0.894. The average Bonchev–Trinajstić information content (AvgIpc) is 2.93. The SMILES string of the molecule is O=C1Nc2ccccc2C2c3[nH]c4ccccc4c3CCN12. The molecular weight excluding hydrogens is 274 g/mol. The summed E-state index contributed by atoms with van der Waals surface area (Å²) in [4.78, 5) is 17.9. The van der Waals surface area contributed by atoms with E-state index in [9.17, 15) is 4.79 Å². The van der Waals surface area contributed by atoms with Gasteiger partial charge in [-0.3, -0.25) is 0 Å². The average molecular weight is 289 g/mol. The van der Waals surface area contributed by atoms with Gasteiger partial charge < -0.3 is 15.2 Å². The molecule has 4 heteroatoms. The van der Waals surface area contributed by atoms with E-state index in [4.69, 9.17) is 0 Å². The van der Waals surface area contributed by atoms with Crippen LogP contribution in [0.1, 0.15) is 22.9 Å². The molecule has 108 valence electrons. The van der Waals surface area contributed by atoms with E-state index in [-0.39, 0.29) is 12.1 Å². The Morgan fingerprint density at radius 3 is 2.82 bits per heavy atom.